The lowest BCUT2D eigenvalue weighted by atomic mass is 10.1. The zero-order valence-corrected chi connectivity index (χ0v) is 11.6. The van der Waals surface area contributed by atoms with Crippen LogP contribution in [0.3, 0.4) is 0 Å². The maximum absolute atomic E-state index is 11.8. The minimum absolute atomic E-state index is 0.0507. The van der Waals surface area contributed by atoms with E-state index in [1.54, 1.807) is 13.1 Å². The van der Waals surface area contributed by atoms with Crippen LogP contribution in [0, 0.1) is 0 Å². The first-order valence-electron chi connectivity index (χ1n) is 5.53. The van der Waals surface area contributed by atoms with Crippen molar-refractivity contribution >= 4 is 33.4 Å². The summed E-state index contributed by atoms with van der Waals surface area (Å²) in [6, 6.07) is 5.52. The van der Waals surface area contributed by atoms with Crippen LogP contribution in [-0.4, -0.2) is 41.8 Å². The highest BCUT2D eigenvalue weighted by Gasteiger charge is 2.27. The van der Waals surface area contributed by atoms with Crippen LogP contribution < -0.4 is 5.73 Å². The number of anilines is 1. The molecule has 1 aromatic carbocycles. The summed E-state index contributed by atoms with van der Waals surface area (Å²) in [5, 5.41) is 0. The van der Waals surface area contributed by atoms with Gasteiger partial charge in [-0.15, -0.1) is 0 Å². The quantitative estimate of drug-likeness (QED) is 0.823. The van der Waals surface area contributed by atoms with Crippen LogP contribution in [-0.2, 0) is 16.1 Å². The highest BCUT2D eigenvalue weighted by Crippen LogP contribution is 2.20. The Morgan fingerprint density at radius 1 is 1.28 bits per heavy atom. The number of benzene rings is 1. The van der Waals surface area contributed by atoms with Gasteiger partial charge in [-0.1, -0.05) is 22.0 Å². The minimum atomic E-state index is -0.0561. The van der Waals surface area contributed by atoms with E-state index in [-0.39, 0.29) is 24.9 Å². The third kappa shape index (κ3) is 2.64. The molecule has 1 aromatic rings. The number of hydrogen-bond acceptors (Lipinski definition) is 3. The molecule has 1 saturated heterocycles. The first-order valence-corrected chi connectivity index (χ1v) is 6.32. The van der Waals surface area contributed by atoms with Gasteiger partial charge in [0.2, 0.25) is 11.8 Å². The van der Waals surface area contributed by atoms with Gasteiger partial charge in [0.15, 0.2) is 0 Å². The fraction of sp³-hybridized carbons (Fsp3) is 0.333. The molecule has 0 spiro atoms. The van der Waals surface area contributed by atoms with E-state index in [1.165, 1.54) is 9.80 Å². The van der Waals surface area contributed by atoms with Crippen molar-refractivity contribution in [3.8, 4) is 0 Å². The predicted octanol–water partition coefficient (Wildman–Crippen LogP) is 0.832. The number of carbonyl (C=O) groups is 2. The van der Waals surface area contributed by atoms with Crippen molar-refractivity contribution in [2.24, 2.45) is 0 Å². The molecule has 0 bridgehead atoms. The second-order valence-electron chi connectivity index (χ2n) is 4.34. The number of rotatable bonds is 2. The maximum Gasteiger partial charge on any atom is 0.242 e. The van der Waals surface area contributed by atoms with E-state index in [9.17, 15) is 9.59 Å². The number of carbonyl (C=O) groups excluding carboxylic acids is 2. The zero-order chi connectivity index (χ0) is 13.3. The molecule has 6 heteroatoms. The van der Waals surface area contributed by atoms with Gasteiger partial charge >= 0.3 is 0 Å². The number of nitrogen functional groups attached to an aromatic ring is 1. The Hall–Kier alpha value is -1.56. The van der Waals surface area contributed by atoms with Gasteiger partial charge in [-0.2, -0.15) is 0 Å². The first-order chi connectivity index (χ1) is 8.47. The third-order valence-electron chi connectivity index (χ3n) is 2.95. The molecule has 0 aromatic heterocycles. The van der Waals surface area contributed by atoms with Crippen LogP contribution >= 0.6 is 15.9 Å². The van der Waals surface area contributed by atoms with Crippen molar-refractivity contribution in [1.29, 1.82) is 0 Å². The van der Waals surface area contributed by atoms with Crippen LogP contribution in [0.2, 0.25) is 0 Å². The molecule has 1 heterocycles. The van der Waals surface area contributed by atoms with Gasteiger partial charge in [0.1, 0.15) is 6.54 Å². The Bertz CT molecular complexity index is 504. The molecule has 0 saturated carbocycles. The first kappa shape index (κ1) is 12.9. The van der Waals surface area contributed by atoms with Gasteiger partial charge in [0.25, 0.3) is 0 Å². The molecular formula is C12H14BrN3O2. The molecule has 18 heavy (non-hydrogen) atoms. The highest BCUT2D eigenvalue weighted by atomic mass is 79.9. The number of likely N-dealkylation sites (N-methyl/N-ethyl adjacent to an activating group) is 1. The van der Waals surface area contributed by atoms with E-state index >= 15 is 0 Å². The molecule has 1 fully saturated rings. The Balaban J connectivity index is 2.13. The Morgan fingerprint density at radius 3 is 2.67 bits per heavy atom. The van der Waals surface area contributed by atoms with Gasteiger partial charge in [0.05, 0.1) is 6.54 Å². The maximum atomic E-state index is 11.8. The minimum Gasteiger partial charge on any atom is -0.398 e. The van der Waals surface area contributed by atoms with Crippen LogP contribution in [0.1, 0.15) is 5.56 Å². The summed E-state index contributed by atoms with van der Waals surface area (Å²) in [7, 11) is 1.63. The van der Waals surface area contributed by atoms with Crippen molar-refractivity contribution in [2.75, 3.05) is 25.9 Å². The van der Waals surface area contributed by atoms with Crippen molar-refractivity contribution in [3.63, 3.8) is 0 Å². The Morgan fingerprint density at radius 2 is 2.00 bits per heavy atom. The fourth-order valence-electron chi connectivity index (χ4n) is 1.82. The van der Waals surface area contributed by atoms with E-state index < -0.39 is 0 Å². The Labute approximate surface area is 114 Å². The number of nitrogens with zero attached hydrogens (tertiary/aromatic N) is 2. The predicted molar refractivity (Wildman–Crippen MR) is 71.6 cm³/mol. The highest BCUT2D eigenvalue weighted by molar-refractivity contribution is 9.10. The second kappa shape index (κ2) is 4.97. The van der Waals surface area contributed by atoms with Gasteiger partial charge in [-0.25, -0.2) is 0 Å². The zero-order valence-electron chi connectivity index (χ0n) is 10.0. The van der Waals surface area contributed by atoms with Crippen molar-refractivity contribution in [3.05, 3.63) is 28.2 Å². The summed E-state index contributed by atoms with van der Waals surface area (Å²) in [5.74, 6) is -0.107. The molecule has 96 valence electrons. The van der Waals surface area contributed by atoms with Gasteiger partial charge < -0.3 is 15.5 Å². The molecule has 0 atom stereocenters. The summed E-state index contributed by atoms with van der Waals surface area (Å²) >= 11 is 3.33. The monoisotopic (exact) mass is 311 g/mol. The summed E-state index contributed by atoms with van der Waals surface area (Å²) in [6.07, 6.45) is 0. The molecule has 2 rings (SSSR count). The SMILES string of the molecule is CN1CC(=O)N(Cc2ccc(Br)cc2N)CC1=O. The summed E-state index contributed by atoms with van der Waals surface area (Å²) in [6.45, 7) is 0.623. The standard InChI is InChI=1S/C12H14BrN3O2/c1-15-6-12(18)16(7-11(15)17)5-8-2-3-9(13)4-10(8)14/h2-4H,5-7,14H2,1H3. The van der Waals surface area contributed by atoms with E-state index in [0.29, 0.717) is 12.2 Å². The number of amides is 2. The van der Waals surface area contributed by atoms with Crippen LogP contribution in [0.4, 0.5) is 5.69 Å². The van der Waals surface area contributed by atoms with Crippen LogP contribution in [0.5, 0.6) is 0 Å². The molecule has 1 aliphatic rings. The molecule has 0 unspecified atom stereocenters. The molecule has 1 aliphatic heterocycles. The number of piperazine rings is 1. The van der Waals surface area contributed by atoms with E-state index in [1.807, 2.05) is 12.1 Å². The molecule has 0 aliphatic carbocycles. The lowest BCUT2D eigenvalue weighted by Gasteiger charge is -2.31. The number of nitrogens with two attached hydrogens (primary N) is 1. The topological polar surface area (TPSA) is 66.6 Å². The van der Waals surface area contributed by atoms with Gasteiger partial charge in [0, 0.05) is 23.8 Å². The van der Waals surface area contributed by atoms with Gasteiger partial charge in [-0.05, 0) is 17.7 Å². The lowest BCUT2D eigenvalue weighted by Crippen LogP contribution is -2.51. The molecule has 2 N–H and O–H groups in total. The average molecular weight is 312 g/mol. The average Bonchev–Trinajstić information content (AvgIpc) is 2.29. The third-order valence-corrected chi connectivity index (χ3v) is 3.44. The molecule has 2 amide bonds. The fourth-order valence-corrected chi connectivity index (χ4v) is 2.20. The smallest absolute Gasteiger partial charge is 0.242 e. The molecule has 0 radical (unpaired) electrons. The normalized spacial score (nSPS) is 16.3. The van der Waals surface area contributed by atoms with Crippen molar-refractivity contribution in [1.82, 2.24) is 9.80 Å². The largest absolute Gasteiger partial charge is 0.398 e. The van der Waals surface area contributed by atoms with E-state index in [2.05, 4.69) is 15.9 Å². The molecular weight excluding hydrogens is 298 g/mol. The second-order valence-corrected chi connectivity index (χ2v) is 5.26. The molecule has 5 nitrogen and oxygen atoms in total. The van der Waals surface area contributed by atoms with Crippen molar-refractivity contribution in [2.45, 2.75) is 6.54 Å². The van der Waals surface area contributed by atoms with E-state index in [4.69, 9.17) is 5.73 Å². The van der Waals surface area contributed by atoms with Crippen LogP contribution in [0.25, 0.3) is 0 Å². The Kier molecular flexibility index (Phi) is 3.56. The number of hydrogen-bond donors (Lipinski definition) is 1. The van der Waals surface area contributed by atoms with Gasteiger partial charge in [-0.3, -0.25) is 9.59 Å². The summed E-state index contributed by atoms with van der Waals surface area (Å²) < 4.78 is 0.893. The van der Waals surface area contributed by atoms with Crippen molar-refractivity contribution < 1.29 is 9.59 Å². The number of halogens is 1. The van der Waals surface area contributed by atoms with Crippen LogP contribution in [0.15, 0.2) is 22.7 Å². The summed E-state index contributed by atoms with van der Waals surface area (Å²) in [4.78, 5) is 26.4. The lowest BCUT2D eigenvalue weighted by molar-refractivity contribution is -0.149. The van der Waals surface area contributed by atoms with E-state index in [0.717, 1.165) is 10.0 Å². The summed E-state index contributed by atoms with van der Waals surface area (Å²) in [5.41, 5.74) is 7.35.